The lowest BCUT2D eigenvalue weighted by Crippen LogP contribution is -2.08. The number of nitrogens with one attached hydrogen (secondary N) is 1. The number of benzene rings is 3. The van der Waals surface area contributed by atoms with Crippen LogP contribution in [-0.2, 0) is 4.79 Å². The molecule has 0 aliphatic carbocycles. The van der Waals surface area contributed by atoms with Crippen LogP contribution in [0, 0.1) is 0 Å². The molecule has 6 nitrogen and oxygen atoms in total. The highest BCUT2D eigenvalue weighted by Crippen LogP contribution is 2.38. The average molecular weight is 472 g/mol. The molecule has 0 saturated heterocycles. The van der Waals surface area contributed by atoms with Gasteiger partial charge in [0.2, 0.25) is 5.91 Å². The normalized spacial score (nSPS) is 11.4. The number of allylic oxidation sites excluding steroid dienone is 1. The highest BCUT2D eigenvalue weighted by Gasteiger charge is 2.15. The maximum atomic E-state index is 12.8. The van der Waals surface area contributed by atoms with E-state index in [1.807, 2.05) is 75.4 Å². The van der Waals surface area contributed by atoms with Crippen molar-refractivity contribution >= 4 is 28.1 Å². The van der Waals surface area contributed by atoms with Crippen LogP contribution >= 0.6 is 0 Å². The number of methoxy groups -OCH3 is 1. The third-order valence-electron chi connectivity index (χ3n) is 5.56. The first-order valence-corrected chi connectivity index (χ1v) is 11.6. The van der Waals surface area contributed by atoms with Crippen molar-refractivity contribution in [1.29, 1.82) is 0 Å². The number of anilines is 1. The van der Waals surface area contributed by atoms with E-state index in [1.165, 1.54) is 0 Å². The third kappa shape index (κ3) is 5.49. The van der Waals surface area contributed by atoms with Gasteiger partial charge in [0.15, 0.2) is 0 Å². The van der Waals surface area contributed by atoms with Crippen LogP contribution in [0.3, 0.4) is 0 Å². The van der Waals surface area contributed by atoms with Crippen LogP contribution in [0.4, 0.5) is 5.69 Å². The fourth-order valence-corrected chi connectivity index (χ4v) is 3.91. The molecule has 0 saturated carbocycles. The first-order valence-electron chi connectivity index (χ1n) is 11.6. The largest absolute Gasteiger partial charge is 0.497 e. The van der Waals surface area contributed by atoms with Crippen molar-refractivity contribution in [1.82, 2.24) is 0 Å². The summed E-state index contributed by atoms with van der Waals surface area (Å²) < 4.78 is 22.5. The number of amides is 1. The molecule has 0 aliphatic heterocycles. The lowest BCUT2D eigenvalue weighted by atomic mass is 9.99. The molecule has 1 N–H and O–H groups in total. The molecular weight excluding hydrogens is 442 g/mol. The lowest BCUT2D eigenvalue weighted by Gasteiger charge is -2.12. The van der Waals surface area contributed by atoms with Gasteiger partial charge in [-0.25, -0.2) is 0 Å². The summed E-state index contributed by atoms with van der Waals surface area (Å²) in [5.74, 6) is 1.92. The van der Waals surface area contributed by atoms with E-state index in [0.717, 1.165) is 39.0 Å². The Kier molecular flexibility index (Phi) is 7.41. The van der Waals surface area contributed by atoms with Gasteiger partial charge in [-0.2, -0.15) is 0 Å². The Labute approximate surface area is 205 Å². The van der Waals surface area contributed by atoms with E-state index in [4.69, 9.17) is 18.6 Å². The predicted octanol–water partition coefficient (Wildman–Crippen LogP) is 6.95. The fraction of sp³-hybridized carbons (Fsp3) is 0.207. The Bertz CT molecular complexity index is 1350. The number of hydrogen-bond acceptors (Lipinski definition) is 5. The number of rotatable bonds is 9. The SMILES string of the molecule is CCOc1ccc(-c2coc3cc(OCC)c(/C(C)=C/C(=O)Nc4cccc(OC)c4)cc23)cc1. The topological polar surface area (TPSA) is 69.9 Å². The minimum Gasteiger partial charge on any atom is -0.497 e. The van der Waals surface area contributed by atoms with Crippen LogP contribution in [0.15, 0.2) is 77.4 Å². The molecule has 0 unspecified atom stereocenters. The molecule has 6 heteroatoms. The van der Waals surface area contributed by atoms with Crippen LogP contribution in [0.2, 0.25) is 0 Å². The van der Waals surface area contributed by atoms with Gasteiger partial charge in [0.05, 0.1) is 26.6 Å². The molecule has 1 heterocycles. The van der Waals surface area contributed by atoms with Gasteiger partial charge in [0.1, 0.15) is 22.8 Å². The maximum Gasteiger partial charge on any atom is 0.248 e. The number of hydrogen-bond donors (Lipinski definition) is 1. The molecule has 0 aliphatic rings. The van der Waals surface area contributed by atoms with Crippen LogP contribution in [0.1, 0.15) is 26.3 Å². The van der Waals surface area contributed by atoms with Crippen molar-refractivity contribution in [2.45, 2.75) is 20.8 Å². The van der Waals surface area contributed by atoms with Crippen LogP contribution in [0.25, 0.3) is 27.7 Å². The molecule has 180 valence electrons. The predicted molar refractivity (Wildman–Crippen MR) is 139 cm³/mol. The minimum absolute atomic E-state index is 0.239. The standard InChI is InChI=1S/C29H29NO5/c1-5-33-22-12-10-20(11-13-22)26-18-35-28-17-27(34-6-2)24(16-25(26)28)19(3)14-29(31)30-21-8-7-9-23(15-21)32-4/h7-18H,5-6H2,1-4H3,(H,30,31)/b19-14+. The summed E-state index contributed by atoms with van der Waals surface area (Å²) >= 11 is 0. The van der Waals surface area contributed by atoms with Crippen molar-refractivity contribution in [3.05, 3.63) is 78.6 Å². The van der Waals surface area contributed by atoms with Gasteiger partial charge in [-0.15, -0.1) is 0 Å². The number of carbonyl (C=O) groups excluding carboxylic acids is 1. The van der Waals surface area contributed by atoms with Crippen molar-refractivity contribution < 1.29 is 23.4 Å². The zero-order valence-electron chi connectivity index (χ0n) is 20.4. The molecule has 4 aromatic rings. The smallest absolute Gasteiger partial charge is 0.248 e. The van der Waals surface area contributed by atoms with Gasteiger partial charge < -0.3 is 23.9 Å². The number of ether oxygens (including phenoxy) is 3. The van der Waals surface area contributed by atoms with E-state index < -0.39 is 0 Å². The van der Waals surface area contributed by atoms with Gasteiger partial charge in [0, 0.05) is 40.4 Å². The highest BCUT2D eigenvalue weighted by molar-refractivity contribution is 6.05. The second-order valence-corrected chi connectivity index (χ2v) is 7.93. The van der Waals surface area contributed by atoms with Crippen LogP contribution in [-0.4, -0.2) is 26.2 Å². The summed E-state index contributed by atoms with van der Waals surface area (Å²) in [5.41, 5.74) is 4.95. The Morgan fingerprint density at radius 2 is 1.74 bits per heavy atom. The van der Waals surface area contributed by atoms with Crippen molar-refractivity contribution in [2.24, 2.45) is 0 Å². The number of carbonyl (C=O) groups is 1. The second kappa shape index (κ2) is 10.8. The molecule has 0 fully saturated rings. The van der Waals surface area contributed by atoms with Gasteiger partial charge in [-0.1, -0.05) is 18.2 Å². The van der Waals surface area contributed by atoms with E-state index in [2.05, 4.69) is 5.32 Å². The average Bonchev–Trinajstić information content (AvgIpc) is 3.27. The number of furan rings is 1. The van der Waals surface area contributed by atoms with E-state index in [-0.39, 0.29) is 5.91 Å². The summed E-state index contributed by atoms with van der Waals surface area (Å²) in [6.07, 6.45) is 3.31. The molecule has 3 aromatic carbocycles. The van der Waals surface area contributed by atoms with Crippen molar-refractivity contribution in [3.8, 4) is 28.4 Å². The highest BCUT2D eigenvalue weighted by atomic mass is 16.5. The Hall–Kier alpha value is -4.19. The van der Waals surface area contributed by atoms with Crippen LogP contribution < -0.4 is 19.5 Å². The monoisotopic (exact) mass is 471 g/mol. The molecular formula is C29H29NO5. The molecule has 1 amide bonds. The van der Waals surface area contributed by atoms with Crippen molar-refractivity contribution in [2.75, 3.05) is 25.6 Å². The van der Waals surface area contributed by atoms with E-state index in [9.17, 15) is 4.79 Å². The van der Waals surface area contributed by atoms with E-state index in [1.54, 1.807) is 25.5 Å². The Morgan fingerprint density at radius 1 is 0.971 bits per heavy atom. The van der Waals surface area contributed by atoms with Gasteiger partial charge in [-0.05, 0) is 62.2 Å². The van der Waals surface area contributed by atoms with E-state index >= 15 is 0 Å². The molecule has 0 radical (unpaired) electrons. The minimum atomic E-state index is -0.239. The molecule has 35 heavy (non-hydrogen) atoms. The summed E-state index contributed by atoms with van der Waals surface area (Å²) in [7, 11) is 1.59. The molecule has 0 bridgehead atoms. The fourth-order valence-electron chi connectivity index (χ4n) is 3.91. The quantitative estimate of drug-likeness (QED) is 0.268. The Balaban J connectivity index is 1.68. The first kappa shape index (κ1) is 24.0. The van der Waals surface area contributed by atoms with Gasteiger partial charge in [0.25, 0.3) is 0 Å². The van der Waals surface area contributed by atoms with E-state index in [0.29, 0.717) is 30.4 Å². The second-order valence-electron chi connectivity index (χ2n) is 7.93. The third-order valence-corrected chi connectivity index (χ3v) is 5.56. The number of fused-ring (bicyclic) bond motifs is 1. The van der Waals surface area contributed by atoms with Gasteiger partial charge in [-0.3, -0.25) is 4.79 Å². The molecule has 0 atom stereocenters. The van der Waals surface area contributed by atoms with Crippen LogP contribution in [0.5, 0.6) is 17.2 Å². The zero-order valence-corrected chi connectivity index (χ0v) is 20.4. The summed E-state index contributed by atoms with van der Waals surface area (Å²) in [6.45, 7) is 6.89. The lowest BCUT2D eigenvalue weighted by molar-refractivity contribution is -0.111. The molecule has 0 spiro atoms. The zero-order chi connectivity index (χ0) is 24.8. The summed E-state index contributed by atoms with van der Waals surface area (Å²) in [6, 6.07) is 19.0. The Morgan fingerprint density at radius 3 is 2.46 bits per heavy atom. The summed E-state index contributed by atoms with van der Waals surface area (Å²) in [5, 5.41) is 3.83. The van der Waals surface area contributed by atoms with Crippen molar-refractivity contribution in [3.63, 3.8) is 0 Å². The molecule has 1 aromatic heterocycles. The van der Waals surface area contributed by atoms with Gasteiger partial charge >= 0.3 is 0 Å². The molecule has 4 rings (SSSR count). The maximum absolute atomic E-state index is 12.8. The first-order chi connectivity index (χ1) is 17.0. The summed E-state index contributed by atoms with van der Waals surface area (Å²) in [4.78, 5) is 12.8.